The first-order valence-corrected chi connectivity index (χ1v) is 6.79. The Hall–Kier alpha value is -1.57. The second-order valence-corrected chi connectivity index (χ2v) is 5.31. The molecule has 1 saturated heterocycles. The molecule has 3 heterocycles. The Morgan fingerprint density at radius 1 is 1.36 bits per heavy atom. The van der Waals surface area contributed by atoms with Crippen LogP contribution in [-0.2, 0) is 4.74 Å². The first kappa shape index (κ1) is 16.8. The van der Waals surface area contributed by atoms with E-state index in [1.165, 1.54) is 4.57 Å². The molecule has 8 N–H and O–H groups in total. The van der Waals surface area contributed by atoms with Crippen LogP contribution in [0.15, 0.2) is 9.53 Å². The monoisotopic (exact) mass is 379 g/mol. The van der Waals surface area contributed by atoms with E-state index in [2.05, 4.69) is 30.9 Å². The molecule has 0 radical (unpaired) electrons. The van der Waals surface area contributed by atoms with Gasteiger partial charge in [0, 0.05) is 0 Å². The van der Waals surface area contributed by atoms with E-state index < -0.39 is 36.7 Å². The topological polar surface area (TPSA) is 191 Å². The highest BCUT2D eigenvalue weighted by molar-refractivity contribution is 9.10. The summed E-state index contributed by atoms with van der Waals surface area (Å²) in [6.45, 7) is -0.463. The predicted molar refractivity (Wildman–Crippen MR) is 76.9 cm³/mol. The van der Waals surface area contributed by atoms with Crippen LogP contribution < -0.4 is 11.3 Å². The molecule has 0 saturated carbocycles. The summed E-state index contributed by atoms with van der Waals surface area (Å²) in [5, 5.41) is 29.0. The average molecular weight is 380 g/mol. The molecule has 0 spiro atoms. The van der Waals surface area contributed by atoms with Crippen LogP contribution in [0, 0.1) is 0 Å². The van der Waals surface area contributed by atoms with Crippen molar-refractivity contribution in [1.29, 1.82) is 0 Å². The molecule has 12 heteroatoms. The smallest absolute Gasteiger partial charge is 0.280 e. The Bertz CT molecular complexity index is 747. The summed E-state index contributed by atoms with van der Waals surface area (Å²) in [6, 6.07) is 0. The fourth-order valence-electron chi connectivity index (χ4n) is 2.29. The van der Waals surface area contributed by atoms with Gasteiger partial charge in [-0.3, -0.25) is 14.3 Å². The molecular weight excluding hydrogens is 366 g/mol. The highest BCUT2D eigenvalue weighted by Crippen LogP contribution is 2.33. The van der Waals surface area contributed by atoms with E-state index in [9.17, 15) is 15.0 Å². The fraction of sp³-hybridized carbons (Fsp3) is 0.500. The van der Waals surface area contributed by atoms with Crippen LogP contribution in [0.1, 0.15) is 6.23 Å². The number of nitrogens with two attached hydrogens (primary N) is 1. The summed E-state index contributed by atoms with van der Waals surface area (Å²) in [4.78, 5) is 22.0. The lowest BCUT2D eigenvalue weighted by Gasteiger charge is -2.17. The van der Waals surface area contributed by atoms with Crippen molar-refractivity contribution in [2.75, 3.05) is 12.3 Å². The molecule has 2 aromatic heterocycles. The molecule has 0 aliphatic carbocycles. The van der Waals surface area contributed by atoms with Crippen LogP contribution in [0.3, 0.4) is 0 Å². The molecule has 0 amide bonds. The van der Waals surface area contributed by atoms with Gasteiger partial charge in [0.05, 0.1) is 6.61 Å². The number of hydrogen-bond donors (Lipinski definition) is 5. The molecule has 0 aromatic carbocycles. The molecule has 0 bridgehead atoms. The summed E-state index contributed by atoms with van der Waals surface area (Å²) in [5.41, 5.74) is 5.07. The highest BCUT2D eigenvalue weighted by Gasteiger charge is 2.44. The molecule has 2 aromatic rings. The van der Waals surface area contributed by atoms with E-state index in [4.69, 9.17) is 15.6 Å². The number of nitrogen functional groups attached to an aromatic ring is 1. The number of halogens is 1. The van der Waals surface area contributed by atoms with Crippen molar-refractivity contribution in [2.24, 2.45) is 0 Å². The number of aliphatic hydroxyl groups is 3. The number of fused-ring (bicyclic) bond motifs is 1. The van der Waals surface area contributed by atoms with E-state index in [1.807, 2.05) is 0 Å². The van der Waals surface area contributed by atoms with Crippen LogP contribution in [0.5, 0.6) is 0 Å². The van der Waals surface area contributed by atoms with Crippen molar-refractivity contribution in [3.8, 4) is 0 Å². The number of aromatic amines is 1. The molecule has 3 rings (SSSR count). The van der Waals surface area contributed by atoms with Gasteiger partial charge in [0.15, 0.2) is 22.1 Å². The van der Waals surface area contributed by atoms with Crippen LogP contribution in [0.2, 0.25) is 0 Å². The Labute approximate surface area is 130 Å². The van der Waals surface area contributed by atoms with Crippen molar-refractivity contribution in [3.63, 3.8) is 0 Å². The Kier molecular flexibility index (Phi) is 4.51. The summed E-state index contributed by atoms with van der Waals surface area (Å²) < 4.78 is 6.87. The molecule has 1 aliphatic rings. The summed E-state index contributed by atoms with van der Waals surface area (Å²) >= 11 is 3.15. The second-order valence-electron chi connectivity index (χ2n) is 4.60. The maximum Gasteiger partial charge on any atom is 0.280 e. The number of hydrogen-bond acceptors (Lipinski definition) is 8. The first-order chi connectivity index (χ1) is 9.93. The predicted octanol–water partition coefficient (Wildman–Crippen LogP) is -2.75. The Balaban J connectivity index is 0.00000176. The van der Waals surface area contributed by atoms with E-state index in [0.717, 1.165) is 0 Å². The van der Waals surface area contributed by atoms with Gasteiger partial charge in [-0.1, -0.05) is 0 Å². The third-order valence-electron chi connectivity index (χ3n) is 3.30. The van der Waals surface area contributed by atoms with E-state index >= 15 is 0 Å². The van der Waals surface area contributed by atoms with Gasteiger partial charge in [-0.25, -0.2) is 4.98 Å². The minimum Gasteiger partial charge on any atom is -0.412 e. The van der Waals surface area contributed by atoms with Crippen molar-refractivity contribution in [3.05, 3.63) is 15.1 Å². The van der Waals surface area contributed by atoms with Gasteiger partial charge in [0.25, 0.3) is 5.56 Å². The number of nitrogens with zero attached hydrogens (tertiary/aromatic N) is 3. The van der Waals surface area contributed by atoms with Gasteiger partial charge in [-0.05, 0) is 15.9 Å². The number of H-pyrrole nitrogens is 1. The minimum atomic E-state index is -1.32. The quantitative estimate of drug-likeness (QED) is 0.346. The second kappa shape index (κ2) is 5.91. The Morgan fingerprint density at radius 2 is 2.05 bits per heavy atom. The number of ether oxygens (including phenoxy) is 1. The lowest BCUT2D eigenvalue weighted by Crippen LogP contribution is -2.33. The van der Waals surface area contributed by atoms with Crippen molar-refractivity contribution < 1.29 is 25.5 Å². The molecule has 4 atom stereocenters. The van der Waals surface area contributed by atoms with Crippen molar-refractivity contribution >= 4 is 33.0 Å². The van der Waals surface area contributed by atoms with Gasteiger partial charge in [0.1, 0.15) is 18.3 Å². The number of aliphatic hydroxyl groups excluding tert-OH is 3. The zero-order valence-electron chi connectivity index (χ0n) is 11.0. The number of imidazole rings is 1. The van der Waals surface area contributed by atoms with Gasteiger partial charge < -0.3 is 31.3 Å². The van der Waals surface area contributed by atoms with E-state index in [0.29, 0.717) is 0 Å². The van der Waals surface area contributed by atoms with Crippen LogP contribution in [0.4, 0.5) is 5.95 Å². The number of aromatic nitrogens is 4. The maximum atomic E-state index is 11.8. The molecular formula is C10H14BrN5O6. The lowest BCUT2D eigenvalue weighted by atomic mass is 10.1. The zero-order chi connectivity index (χ0) is 15.3. The van der Waals surface area contributed by atoms with Crippen LogP contribution in [-0.4, -0.2) is 65.2 Å². The van der Waals surface area contributed by atoms with Crippen molar-refractivity contribution in [1.82, 2.24) is 19.5 Å². The largest absolute Gasteiger partial charge is 0.412 e. The lowest BCUT2D eigenvalue weighted by molar-refractivity contribution is -0.0521. The molecule has 122 valence electrons. The number of nitrogens with one attached hydrogen (secondary N) is 1. The standard InChI is InChI=1S/C10H12BrN5O5.H2O/c11-9-13-3-6(14-10(12)15-7(3)20)16(9)8-5(19)4(18)2(1-17)21-8;/h2,4-5,8,17-19H,1H2,(H3,12,14,15,20);1H2/t2?,4?,5?,8-;/m0./s1. The summed E-state index contributed by atoms with van der Waals surface area (Å²) in [5.74, 6) is -0.118. The van der Waals surface area contributed by atoms with Crippen LogP contribution in [0.25, 0.3) is 11.2 Å². The molecule has 11 nitrogen and oxygen atoms in total. The van der Waals surface area contributed by atoms with Gasteiger partial charge in [-0.2, -0.15) is 4.98 Å². The highest BCUT2D eigenvalue weighted by atomic mass is 79.9. The first-order valence-electron chi connectivity index (χ1n) is 5.99. The summed E-state index contributed by atoms with van der Waals surface area (Å²) in [6.07, 6.45) is -4.61. The van der Waals surface area contributed by atoms with E-state index in [-0.39, 0.29) is 27.3 Å². The van der Waals surface area contributed by atoms with Crippen LogP contribution >= 0.6 is 15.9 Å². The van der Waals surface area contributed by atoms with E-state index in [1.54, 1.807) is 0 Å². The number of rotatable bonds is 2. The van der Waals surface area contributed by atoms with Gasteiger partial charge in [-0.15, -0.1) is 0 Å². The summed E-state index contributed by atoms with van der Waals surface area (Å²) in [7, 11) is 0. The van der Waals surface area contributed by atoms with Crippen molar-refractivity contribution in [2.45, 2.75) is 24.5 Å². The third-order valence-corrected chi connectivity index (χ3v) is 3.86. The molecule has 1 aliphatic heterocycles. The SMILES string of the molecule is Nc1nc2c(nc(Br)n2[C@H]2OC(CO)C(O)C2O)c(=O)[nH]1.O. The average Bonchev–Trinajstić information content (AvgIpc) is 2.89. The molecule has 22 heavy (non-hydrogen) atoms. The van der Waals surface area contributed by atoms with Gasteiger partial charge >= 0.3 is 0 Å². The minimum absolute atomic E-state index is 0. The fourth-order valence-corrected chi connectivity index (χ4v) is 2.84. The normalized spacial score (nSPS) is 28.0. The zero-order valence-corrected chi connectivity index (χ0v) is 12.6. The Morgan fingerprint density at radius 3 is 2.64 bits per heavy atom. The molecule has 3 unspecified atom stereocenters. The number of anilines is 1. The molecule has 1 fully saturated rings. The maximum absolute atomic E-state index is 11.8. The van der Waals surface area contributed by atoms with Gasteiger partial charge in [0.2, 0.25) is 5.95 Å². The third kappa shape index (κ3) is 2.39.